The Kier molecular flexibility index (Phi) is 8.14. The minimum absolute atomic E-state index is 0.0561. The summed E-state index contributed by atoms with van der Waals surface area (Å²) in [6.07, 6.45) is 7.09. The van der Waals surface area contributed by atoms with Crippen LogP contribution in [0.5, 0.6) is 11.5 Å². The molecule has 1 aromatic rings. The lowest BCUT2D eigenvalue weighted by Crippen LogP contribution is -2.43. The highest BCUT2D eigenvalue weighted by atomic mass is 35.5. The van der Waals surface area contributed by atoms with Gasteiger partial charge in [-0.1, -0.05) is 18.0 Å². The zero-order valence-corrected chi connectivity index (χ0v) is 19.5. The van der Waals surface area contributed by atoms with Gasteiger partial charge in [0.1, 0.15) is 13.2 Å². The fraction of sp³-hybridized carbons (Fsp3) is 0.667. The van der Waals surface area contributed by atoms with Crippen molar-refractivity contribution >= 4 is 23.4 Å². The Bertz CT molecular complexity index is 819. The second-order valence-corrected chi connectivity index (χ2v) is 9.35. The average molecular weight is 464 g/mol. The normalized spacial score (nSPS) is 23.2. The van der Waals surface area contributed by atoms with Gasteiger partial charge < -0.3 is 19.7 Å². The number of benzene rings is 1. The Hall–Kier alpha value is -1.99. The van der Waals surface area contributed by atoms with E-state index in [1.54, 1.807) is 6.07 Å². The van der Waals surface area contributed by atoms with E-state index in [0.717, 1.165) is 50.9 Å². The maximum Gasteiger partial charge on any atom is 0.227 e. The average Bonchev–Trinajstić information content (AvgIpc) is 2.80. The van der Waals surface area contributed by atoms with E-state index in [1.165, 1.54) is 12.8 Å². The van der Waals surface area contributed by atoms with Crippen LogP contribution in [0.3, 0.4) is 0 Å². The number of fused-ring (bicyclic) bond motifs is 2. The first kappa shape index (κ1) is 23.2. The Morgan fingerprint density at radius 2 is 1.69 bits per heavy atom. The molecule has 7 nitrogen and oxygen atoms in total. The van der Waals surface area contributed by atoms with Crippen molar-refractivity contribution < 1.29 is 19.1 Å². The molecule has 0 radical (unpaired) electrons. The fourth-order valence-electron chi connectivity index (χ4n) is 4.86. The molecule has 3 aliphatic rings. The van der Waals surface area contributed by atoms with E-state index in [1.807, 2.05) is 11.0 Å². The van der Waals surface area contributed by atoms with Crippen LogP contribution < -0.4 is 14.8 Å². The number of amides is 2. The highest BCUT2D eigenvalue weighted by Gasteiger charge is 2.25. The van der Waals surface area contributed by atoms with Crippen molar-refractivity contribution in [3.8, 4) is 11.5 Å². The Morgan fingerprint density at radius 1 is 1.00 bits per heavy atom. The molecule has 0 aliphatic carbocycles. The molecule has 0 bridgehead atoms. The molecule has 32 heavy (non-hydrogen) atoms. The first-order valence-corrected chi connectivity index (χ1v) is 12.3. The van der Waals surface area contributed by atoms with Crippen LogP contribution >= 0.6 is 11.6 Å². The van der Waals surface area contributed by atoms with Crippen LogP contribution in [0.2, 0.25) is 5.02 Å². The number of nitrogens with one attached hydrogen (secondary N) is 1. The monoisotopic (exact) mass is 463 g/mol. The number of rotatable bonds is 2. The molecule has 3 heterocycles. The van der Waals surface area contributed by atoms with E-state index in [2.05, 4.69) is 10.2 Å². The highest BCUT2D eigenvalue weighted by Crippen LogP contribution is 2.35. The molecule has 4 rings (SSSR count). The van der Waals surface area contributed by atoms with Gasteiger partial charge in [-0.3, -0.25) is 14.5 Å². The number of ether oxygens (including phenoxy) is 2. The minimum atomic E-state index is 0.0561. The smallest absolute Gasteiger partial charge is 0.227 e. The lowest BCUT2D eigenvalue weighted by atomic mass is 9.98. The first-order valence-electron chi connectivity index (χ1n) is 12.0. The molecule has 0 spiro atoms. The van der Waals surface area contributed by atoms with E-state index in [-0.39, 0.29) is 18.2 Å². The summed E-state index contributed by atoms with van der Waals surface area (Å²) in [7, 11) is 0. The summed E-state index contributed by atoms with van der Waals surface area (Å²) in [6.45, 7) is 5.03. The van der Waals surface area contributed by atoms with Gasteiger partial charge in [-0.05, 0) is 56.8 Å². The molecule has 8 heteroatoms. The van der Waals surface area contributed by atoms with Gasteiger partial charge >= 0.3 is 0 Å². The third-order valence-corrected chi connectivity index (χ3v) is 6.98. The van der Waals surface area contributed by atoms with Crippen LogP contribution in [-0.2, 0) is 16.0 Å². The SMILES string of the molecule is O=C1CC2CCCCN2CCCCN(C(=O)Cc2cc3c(cc2Cl)OCCO3)CCCN1. The van der Waals surface area contributed by atoms with Crippen LogP contribution in [-0.4, -0.2) is 73.6 Å². The molecule has 1 aromatic carbocycles. The van der Waals surface area contributed by atoms with Gasteiger partial charge in [0.15, 0.2) is 11.5 Å². The number of carbonyl (C=O) groups is 2. The largest absolute Gasteiger partial charge is 0.486 e. The van der Waals surface area contributed by atoms with E-state index in [0.29, 0.717) is 55.3 Å². The molecule has 0 saturated carbocycles. The van der Waals surface area contributed by atoms with Crippen molar-refractivity contribution in [3.63, 3.8) is 0 Å². The predicted molar refractivity (Wildman–Crippen MR) is 123 cm³/mol. The summed E-state index contributed by atoms with van der Waals surface area (Å²) in [4.78, 5) is 30.0. The van der Waals surface area contributed by atoms with Gasteiger partial charge in [0, 0.05) is 43.2 Å². The van der Waals surface area contributed by atoms with Crippen LogP contribution in [0.25, 0.3) is 0 Å². The third-order valence-electron chi connectivity index (χ3n) is 6.63. The fourth-order valence-corrected chi connectivity index (χ4v) is 5.08. The number of piperidine rings is 1. The van der Waals surface area contributed by atoms with Crippen molar-refractivity contribution in [3.05, 3.63) is 22.7 Å². The Labute approximate surface area is 195 Å². The lowest BCUT2D eigenvalue weighted by molar-refractivity contribution is -0.130. The summed E-state index contributed by atoms with van der Waals surface area (Å²) < 4.78 is 11.2. The summed E-state index contributed by atoms with van der Waals surface area (Å²) in [6, 6.07) is 3.93. The van der Waals surface area contributed by atoms with E-state index in [4.69, 9.17) is 21.1 Å². The van der Waals surface area contributed by atoms with Crippen LogP contribution in [0.4, 0.5) is 0 Å². The zero-order chi connectivity index (χ0) is 22.3. The van der Waals surface area contributed by atoms with Gasteiger partial charge in [-0.15, -0.1) is 0 Å². The van der Waals surface area contributed by atoms with Crippen molar-refractivity contribution in [1.29, 1.82) is 0 Å². The molecule has 1 atom stereocenters. The van der Waals surface area contributed by atoms with Crippen LogP contribution in [0.1, 0.15) is 50.5 Å². The van der Waals surface area contributed by atoms with Crippen LogP contribution in [0, 0.1) is 0 Å². The van der Waals surface area contributed by atoms with Gasteiger partial charge in [0.25, 0.3) is 0 Å². The van der Waals surface area contributed by atoms with Crippen LogP contribution in [0.15, 0.2) is 12.1 Å². The Balaban J connectivity index is 1.39. The number of carbonyl (C=O) groups excluding carboxylic acids is 2. The number of nitrogens with zero attached hydrogens (tertiary/aromatic N) is 2. The number of hydrogen-bond donors (Lipinski definition) is 1. The predicted octanol–water partition coefficient (Wildman–Crippen LogP) is 3.03. The van der Waals surface area contributed by atoms with Crippen molar-refractivity contribution in [2.75, 3.05) is 45.9 Å². The third kappa shape index (κ3) is 6.07. The summed E-state index contributed by atoms with van der Waals surface area (Å²) in [5.74, 6) is 1.46. The summed E-state index contributed by atoms with van der Waals surface area (Å²) in [5.41, 5.74) is 0.758. The first-order chi connectivity index (χ1) is 15.6. The second-order valence-electron chi connectivity index (χ2n) is 8.95. The quantitative estimate of drug-likeness (QED) is 0.730. The summed E-state index contributed by atoms with van der Waals surface area (Å²) in [5, 5.41) is 3.58. The molecule has 2 amide bonds. The topological polar surface area (TPSA) is 71.1 Å². The molecular formula is C24H34ClN3O4. The van der Waals surface area contributed by atoms with Gasteiger partial charge in [0.2, 0.25) is 11.8 Å². The zero-order valence-electron chi connectivity index (χ0n) is 18.7. The van der Waals surface area contributed by atoms with Gasteiger partial charge in [0.05, 0.1) is 6.42 Å². The van der Waals surface area contributed by atoms with Crippen molar-refractivity contribution in [2.45, 2.75) is 57.4 Å². The molecule has 1 N–H and O–H groups in total. The van der Waals surface area contributed by atoms with E-state index >= 15 is 0 Å². The molecule has 1 unspecified atom stereocenters. The Morgan fingerprint density at radius 3 is 2.50 bits per heavy atom. The standard InChI is InChI=1S/C24H34ClN3O4/c25-20-17-22-21(31-12-13-32-22)14-18(20)15-24(30)28-10-4-3-9-27-8-2-1-6-19(27)16-23(29)26-7-5-11-28/h14,17,19H,1-13,15-16H2,(H,26,29). The van der Waals surface area contributed by atoms with Crippen molar-refractivity contribution in [1.82, 2.24) is 15.1 Å². The van der Waals surface area contributed by atoms with Gasteiger partial charge in [-0.25, -0.2) is 0 Å². The molecule has 3 aliphatic heterocycles. The van der Waals surface area contributed by atoms with E-state index in [9.17, 15) is 9.59 Å². The number of hydrogen-bond acceptors (Lipinski definition) is 5. The lowest BCUT2D eigenvalue weighted by Gasteiger charge is -2.35. The van der Waals surface area contributed by atoms with Gasteiger partial charge in [-0.2, -0.15) is 0 Å². The maximum absolute atomic E-state index is 13.2. The second kappa shape index (κ2) is 11.2. The summed E-state index contributed by atoms with van der Waals surface area (Å²) >= 11 is 6.43. The molecule has 176 valence electrons. The molecule has 0 aromatic heterocycles. The molecular weight excluding hydrogens is 430 g/mol. The van der Waals surface area contributed by atoms with E-state index < -0.39 is 0 Å². The number of halogens is 1. The van der Waals surface area contributed by atoms with Crippen molar-refractivity contribution in [2.24, 2.45) is 0 Å². The maximum atomic E-state index is 13.2. The molecule has 2 saturated heterocycles. The minimum Gasteiger partial charge on any atom is -0.486 e. The highest BCUT2D eigenvalue weighted by molar-refractivity contribution is 6.31. The molecule has 2 fully saturated rings.